The molecule has 20 N–H and O–H groups in total. The molecule has 21 nitrogen and oxygen atoms in total. The normalized spacial score (nSPS) is 14.1. The molecule has 0 aliphatic heterocycles. The molecule has 0 aliphatic rings. The maximum atomic E-state index is 13.6. The van der Waals surface area contributed by atoms with Crippen molar-refractivity contribution in [3.05, 3.63) is 0 Å². The van der Waals surface area contributed by atoms with E-state index in [1.54, 1.807) is 0 Å². The number of nitrogens with one attached hydrogen (secondary N) is 5. The average Bonchev–Trinajstić information content (AvgIpc) is 3.13. The summed E-state index contributed by atoms with van der Waals surface area (Å²) in [7, 11) is 0. The topological polar surface area (TPSA) is 390 Å². The zero-order valence-corrected chi connectivity index (χ0v) is 33.4. The third kappa shape index (κ3) is 23.5. The molecule has 5 amide bonds. The number of aliphatic carboxylic acids is 1. The van der Waals surface area contributed by atoms with Crippen LogP contribution in [0.5, 0.6) is 0 Å². The molecule has 55 heavy (non-hydrogen) atoms. The first-order valence-corrected chi connectivity index (χ1v) is 20.2. The molecule has 0 unspecified atom stereocenters. The van der Waals surface area contributed by atoms with Crippen molar-refractivity contribution in [1.82, 2.24) is 26.6 Å². The zero-order valence-electron chi connectivity index (χ0n) is 31.7. The highest BCUT2D eigenvalue weighted by Crippen LogP contribution is 2.09. The fourth-order valence-electron chi connectivity index (χ4n) is 5.00. The first kappa shape index (κ1) is 50.9. The second-order valence-electron chi connectivity index (χ2n) is 12.7. The Kier molecular flexibility index (Phi) is 28.0. The van der Waals surface area contributed by atoms with Crippen molar-refractivity contribution in [3.8, 4) is 0 Å². The maximum Gasteiger partial charge on any atom is 0.326 e. The molecule has 0 aromatic carbocycles. The van der Waals surface area contributed by atoms with Gasteiger partial charge in [0.25, 0.3) is 0 Å². The Morgan fingerprint density at radius 1 is 0.582 bits per heavy atom. The lowest BCUT2D eigenvalue weighted by Gasteiger charge is -2.27. The van der Waals surface area contributed by atoms with Crippen LogP contribution in [0.2, 0.25) is 0 Å². The van der Waals surface area contributed by atoms with Crippen LogP contribution in [0.1, 0.15) is 70.6 Å². The van der Waals surface area contributed by atoms with Crippen LogP contribution in [0.4, 0.5) is 0 Å². The van der Waals surface area contributed by atoms with E-state index in [-0.39, 0.29) is 69.3 Å². The number of rotatable bonds is 31. The highest BCUT2D eigenvalue weighted by molar-refractivity contribution is 7.98. The summed E-state index contributed by atoms with van der Waals surface area (Å²) in [6.45, 7) is 1.09. The standard InChI is InChI=1S/C32H64N14O7S2/c1-55-17-12-22(42-25(47)19(35)8-6-15-40-31(36)37)28(50)43-21(10-3-5-14-34)27(49)46-24(18-54)29(51)44-20(9-2-4-13-33)26(48)45-23(30(52)53)11-7-16-41-32(38)39/h19-24,54H,2-18,33-35H2,1H3,(H,42,47)(H,43,50)(H,44,51)(H,45,48)(H,46,49)(H,52,53)(H4,36,37,40)(H4,38,39,41)/t19-,20-,21-,22-,23-,24-/m0/s1. The molecule has 0 radical (unpaired) electrons. The molecule has 0 saturated heterocycles. The van der Waals surface area contributed by atoms with E-state index in [1.165, 1.54) is 11.8 Å². The minimum absolute atomic E-state index is 0.0171. The van der Waals surface area contributed by atoms with Gasteiger partial charge in [0.2, 0.25) is 29.5 Å². The predicted molar refractivity (Wildman–Crippen MR) is 218 cm³/mol. The number of nitrogens with zero attached hydrogens (tertiary/aromatic N) is 2. The van der Waals surface area contributed by atoms with Gasteiger partial charge in [-0.2, -0.15) is 24.4 Å². The van der Waals surface area contributed by atoms with Gasteiger partial charge in [0.15, 0.2) is 11.9 Å². The SMILES string of the molecule is CSCC[C@H](NC(=O)[C@@H](N)CCCN=C(N)N)C(=O)N[C@@H](CCCCN)C(=O)N[C@@H](CS)C(=O)N[C@@H](CCCCN)C(=O)N[C@@H](CCCN=C(N)N)C(=O)O. The second-order valence-corrected chi connectivity index (χ2v) is 14.0. The number of carbonyl (C=O) groups excluding carboxylic acids is 5. The minimum Gasteiger partial charge on any atom is -0.480 e. The summed E-state index contributed by atoms with van der Waals surface area (Å²) in [6.07, 6.45) is 5.29. The lowest BCUT2D eigenvalue weighted by Crippen LogP contribution is -2.59. The summed E-state index contributed by atoms with van der Waals surface area (Å²) in [5.41, 5.74) is 38.6. The Labute approximate surface area is 332 Å². The van der Waals surface area contributed by atoms with Crippen LogP contribution in [-0.4, -0.2) is 133 Å². The highest BCUT2D eigenvalue weighted by Gasteiger charge is 2.32. The van der Waals surface area contributed by atoms with Crippen molar-refractivity contribution < 1.29 is 33.9 Å². The van der Waals surface area contributed by atoms with Gasteiger partial charge in [-0.05, 0) is 95.7 Å². The van der Waals surface area contributed by atoms with Crippen LogP contribution in [0, 0.1) is 0 Å². The number of unbranched alkanes of at least 4 members (excludes halogenated alkanes) is 2. The average molecular weight is 821 g/mol. The lowest BCUT2D eigenvalue weighted by molar-refractivity contribution is -0.142. The number of hydrogen-bond acceptors (Lipinski definition) is 13. The molecular formula is C32H64N14O7S2. The summed E-state index contributed by atoms with van der Waals surface area (Å²) in [6, 6.07) is -6.80. The number of hydrogen-bond donors (Lipinski definition) is 14. The van der Waals surface area contributed by atoms with Gasteiger partial charge in [-0.1, -0.05) is 0 Å². The number of nitrogens with two attached hydrogens (primary N) is 7. The van der Waals surface area contributed by atoms with Gasteiger partial charge in [-0.25, -0.2) is 4.79 Å². The fraction of sp³-hybridized carbons (Fsp3) is 0.750. The summed E-state index contributed by atoms with van der Waals surface area (Å²) in [5.74, 6) is -4.60. The number of aliphatic imine (C=N–C) groups is 2. The van der Waals surface area contributed by atoms with Crippen LogP contribution in [0.15, 0.2) is 9.98 Å². The van der Waals surface area contributed by atoms with Gasteiger partial charge >= 0.3 is 5.97 Å². The van der Waals surface area contributed by atoms with Crippen molar-refractivity contribution in [2.45, 2.75) is 107 Å². The third-order valence-electron chi connectivity index (χ3n) is 8.08. The molecule has 0 spiro atoms. The number of amides is 5. The third-order valence-corrected chi connectivity index (χ3v) is 9.09. The molecule has 23 heteroatoms. The van der Waals surface area contributed by atoms with Gasteiger partial charge in [0.05, 0.1) is 6.04 Å². The van der Waals surface area contributed by atoms with Gasteiger partial charge in [0.1, 0.15) is 30.2 Å². The Balaban J connectivity index is 5.91. The van der Waals surface area contributed by atoms with E-state index in [2.05, 4.69) is 49.2 Å². The van der Waals surface area contributed by atoms with Gasteiger partial charge in [-0.15, -0.1) is 0 Å². The second kappa shape index (κ2) is 30.2. The van der Waals surface area contributed by atoms with Crippen molar-refractivity contribution in [3.63, 3.8) is 0 Å². The van der Waals surface area contributed by atoms with E-state index in [9.17, 15) is 33.9 Å². The molecule has 0 fully saturated rings. The molecule has 0 rings (SSSR count). The molecule has 0 bridgehead atoms. The number of thioether (sulfide) groups is 1. The number of thiol groups is 1. The van der Waals surface area contributed by atoms with Crippen LogP contribution in [-0.2, 0) is 28.8 Å². The first-order valence-electron chi connectivity index (χ1n) is 18.2. The van der Waals surface area contributed by atoms with Crippen molar-refractivity contribution in [2.24, 2.45) is 50.1 Å². The number of carboxylic acid groups (broad SMARTS) is 1. The van der Waals surface area contributed by atoms with Crippen LogP contribution < -0.4 is 66.7 Å². The summed E-state index contributed by atoms with van der Waals surface area (Å²) in [5, 5.41) is 22.7. The van der Waals surface area contributed by atoms with Gasteiger partial charge < -0.3 is 71.8 Å². The molecule has 316 valence electrons. The monoisotopic (exact) mass is 820 g/mol. The molecule has 0 aromatic heterocycles. The molecular weight excluding hydrogens is 757 g/mol. The highest BCUT2D eigenvalue weighted by atomic mass is 32.2. The summed E-state index contributed by atoms with van der Waals surface area (Å²) >= 11 is 5.70. The van der Waals surface area contributed by atoms with Gasteiger partial charge in [-0.3, -0.25) is 34.0 Å². The Morgan fingerprint density at radius 3 is 1.38 bits per heavy atom. The van der Waals surface area contributed by atoms with E-state index < -0.39 is 71.8 Å². The first-order chi connectivity index (χ1) is 26.1. The fourth-order valence-corrected chi connectivity index (χ4v) is 5.73. The van der Waals surface area contributed by atoms with E-state index in [4.69, 9.17) is 40.1 Å². The Hall–Kier alpha value is -4.06. The number of guanidine groups is 2. The van der Waals surface area contributed by atoms with Crippen LogP contribution in [0.3, 0.4) is 0 Å². The van der Waals surface area contributed by atoms with Gasteiger partial charge in [0, 0.05) is 18.8 Å². The van der Waals surface area contributed by atoms with E-state index >= 15 is 0 Å². The largest absolute Gasteiger partial charge is 0.480 e. The molecule has 0 heterocycles. The van der Waals surface area contributed by atoms with Crippen molar-refractivity contribution >= 4 is 71.8 Å². The molecule has 0 saturated carbocycles. The smallest absolute Gasteiger partial charge is 0.326 e. The minimum atomic E-state index is -1.29. The van der Waals surface area contributed by atoms with Crippen LogP contribution in [0.25, 0.3) is 0 Å². The van der Waals surface area contributed by atoms with Crippen LogP contribution >= 0.6 is 24.4 Å². The van der Waals surface area contributed by atoms with Crippen molar-refractivity contribution in [1.29, 1.82) is 0 Å². The quantitative estimate of drug-likeness (QED) is 0.0137. The zero-order chi connectivity index (χ0) is 41.8. The predicted octanol–water partition coefficient (Wildman–Crippen LogP) is -4.13. The van der Waals surface area contributed by atoms with E-state index in [1.807, 2.05) is 6.26 Å². The molecule has 0 aromatic rings. The number of carbonyl (C=O) groups is 6. The Morgan fingerprint density at radius 2 is 0.964 bits per heavy atom. The number of carboxylic acids is 1. The van der Waals surface area contributed by atoms with Crippen molar-refractivity contribution in [2.75, 3.05) is 43.9 Å². The van der Waals surface area contributed by atoms with E-state index in [0.29, 0.717) is 50.9 Å². The summed E-state index contributed by atoms with van der Waals surface area (Å²) in [4.78, 5) is 86.4. The lowest BCUT2D eigenvalue weighted by atomic mass is 10.1. The molecule has 6 atom stereocenters. The molecule has 0 aliphatic carbocycles. The Bertz CT molecular complexity index is 1260. The summed E-state index contributed by atoms with van der Waals surface area (Å²) < 4.78 is 0. The van der Waals surface area contributed by atoms with E-state index in [0.717, 1.165) is 0 Å². The maximum absolute atomic E-state index is 13.6.